The van der Waals surface area contributed by atoms with Gasteiger partial charge in [0.05, 0.1) is 16.0 Å². The van der Waals surface area contributed by atoms with Crippen LogP contribution in [0.5, 0.6) is 0 Å². The number of carbonyl (C=O) groups excluding carboxylic acids is 2. The zero-order chi connectivity index (χ0) is 17.8. The Balaban J connectivity index is 1.64. The second kappa shape index (κ2) is 5.42. The first kappa shape index (κ1) is 15.8. The molecule has 0 aromatic heterocycles. The predicted molar refractivity (Wildman–Crippen MR) is 92.0 cm³/mol. The average Bonchev–Trinajstić information content (AvgIpc) is 3.36. The van der Waals surface area contributed by atoms with Crippen LogP contribution >= 0.6 is 0 Å². The lowest BCUT2D eigenvalue weighted by molar-refractivity contribution is 0.0642. The number of benzene rings is 2. The largest absolute Gasteiger partial charge is 0.280 e. The van der Waals surface area contributed by atoms with Gasteiger partial charge in [0.15, 0.2) is 0 Å². The van der Waals surface area contributed by atoms with Crippen molar-refractivity contribution in [1.29, 1.82) is 0 Å². The van der Waals surface area contributed by atoms with E-state index in [1.165, 1.54) is 35.2 Å². The summed E-state index contributed by atoms with van der Waals surface area (Å²) in [5.41, 5.74) is 1.80. The smallest absolute Gasteiger partial charge is 0.261 e. The lowest BCUT2D eigenvalue weighted by atomic mass is 10.1. The number of imide groups is 1. The van der Waals surface area contributed by atoms with Crippen molar-refractivity contribution in [3.8, 4) is 0 Å². The van der Waals surface area contributed by atoms with Crippen LogP contribution in [0.4, 0.5) is 5.69 Å². The van der Waals surface area contributed by atoms with Crippen molar-refractivity contribution in [2.75, 3.05) is 4.72 Å². The Morgan fingerprint density at radius 3 is 2.24 bits per heavy atom. The highest BCUT2D eigenvalue weighted by atomic mass is 32.2. The van der Waals surface area contributed by atoms with Gasteiger partial charge in [0.1, 0.15) is 0 Å². The van der Waals surface area contributed by atoms with Crippen molar-refractivity contribution in [3.05, 3.63) is 59.2 Å². The van der Waals surface area contributed by atoms with Crippen LogP contribution in [-0.2, 0) is 10.0 Å². The molecule has 0 saturated heterocycles. The minimum Gasteiger partial charge on any atom is -0.280 e. The Hall–Kier alpha value is -2.67. The fourth-order valence-electron chi connectivity index (χ4n) is 2.92. The molecule has 1 N–H and O–H groups in total. The molecule has 2 aromatic carbocycles. The topological polar surface area (TPSA) is 83.6 Å². The molecule has 0 radical (unpaired) electrons. The molecule has 0 bridgehead atoms. The number of hydrogen-bond acceptors (Lipinski definition) is 4. The van der Waals surface area contributed by atoms with Gasteiger partial charge in [0.25, 0.3) is 21.8 Å². The van der Waals surface area contributed by atoms with Gasteiger partial charge in [-0.1, -0.05) is 17.7 Å². The fourth-order valence-corrected chi connectivity index (χ4v) is 3.97. The molecule has 128 valence electrons. The fraction of sp³-hybridized carbons (Fsp3) is 0.222. The SMILES string of the molecule is Cc1ccc(S(=O)(=O)Nc2ccc3c(c2)C(=O)N(C2CC2)C3=O)cc1. The van der Waals surface area contributed by atoms with Crippen LogP contribution in [0.3, 0.4) is 0 Å². The molecular weight excluding hydrogens is 340 g/mol. The summed E-state index contributed by atoms with van der Waals surface area (Å²) in [6.45, 7) is 1.87. The molecule has 2 aromatic rings. The van der Waals surface area contributed by atoms with E-state index in [1.807, 2.05) is 6.92 Å². The third-order valence-corrected chi connectivity index (χ3v) is 5.81. The number of sulfonamides is 1. The van der Waals surface area contributed by atoms with Gasteiger partial charge in [-0.05, 0) is 50.1 Å². The van der Waals surface area contributed by atoms with E-state index in [1.54, 1.807) is 12.1 Å². The zero-order valence-electron chi connectivity index (χ0n) is 13.5. The Morgan fingerprint density at radius 1 is 0.960 bits per heavy atom. The summed E-state index contributed by atoms with van der Waals surface area (Å²) in [6.07, 6.45) is 1.66. The van der Waals surface area contributed by atoms with Crippen LogP contribution in [0.15, 0.2) is 47.4 Å². The Kier molecular flexibility index (Phi) is 3.43. The lowest BCUT2D eigenvalue weighted by Gasteiger charge is -2.11. The van der Waals surface area contributed by atoms with Gasteiger partial charge < -0.3 is 0 Å². The number of aryl methyl sites for hydroxylation is 1. The summed E-state index contributed by atoms with van der Waals surface area (Å²) in [7, 11) is -3.76. The number of rotatable bonds is 4. The summed E-state index contributed by atoms with van der Waals surface area (Å²) in [5, 5.41) is 0. The van der Waals surface area contributed by atoms with Crippen molar-refractivity contribution < 1.29 is 18.0 Å². The van der Waals surface area contributed by atoms with E-state index in [4.69, 9.17) is 0 Å². The predicted octanol–water partition coefficient (Wildman–Crippen LogP) is 2.55. The summed E-state index contributed by atoms with van der Waals surface area (Å²) >= 11 is 0. The second-order valence-corrected chi connectivity index (χ2v) is 8.07. The molecule has 7 heteroatoms. The highest BCUT2D eigenvalue weighted by Crippen LogP contribution is 2.35. The van der Waals surface area contributed by atoms with E-state index in [0.29, 0.717) is 5.56 Å². The molecule has 25 heavy (non-hydrogen) atoms. The molecule has 2 aliphatic rings. The van der Waals surface area contributed by atoms with Crippen LogP contribution in [0.1, 0.15) is 39.1 Å². The van der Waals surface area contributed by atoms with Crippen molar-refractivity contribution >= 4 is 27.5 Å². The maximum Gasteiger partial charge on any atom is 0.261 e. The van der Waals surface area contributed by atoms with E-state index in [9.17, 15) is 18.0 Å². The Bertz CT molecular complexity index is 992. The Morgan fingerprint density at radius 2 is 1.60 bits per heavy atom. The van der Waals surface area contributed by atoms with Crippen LogP contribution in [0, 0.1) is 6.92 Å². The number of carbonyl (C=O) groups is 2. The maximum atomic E-state index is 12.5. The van der Waals surface area contributed by atoms with Crippen molar-refractivity contribution in [1.82, 2.24) is 4.90 Å². The normalized spacial score (nSPS) is 16.9. The number of nitrogens with one attached hydrogen (secondary N) is 1. The van der Waals surface area contributed by atoms with Crippen LogP contribution in [0.2, 0.25) is 0 Å². The van der Waals surface area contributed by atoms with Crippen molar-refractivity contribution in [3.63, 3.8) is 0 Å². The number of anilines is 1. The van der Waals surface area contributed by atoms with Crippen molar-refractivity contribution in [2.24, 2.45) is 0 Å². The highest BCUT2D eigenvalue weighted by molar-refractivity contribution is 7.92. The number of nitrogens with zero attached hydrogens (tertiary/aromatic N) is 1. The molecule has 6 nitrogen and oxygen atoms in total. The standard InChI is InChI=1S/C18H16N2O4S/c1-11-2-7-14(8-3-11)25(23,24)19-12-4-9-15-16(10-12)18(22)20(17(15)21)13-5-6-13/h2-4,7-10,13,19H,5-6H2,1H3. The number of amides is 2. The molecule has 1 heterocycles. The van der Waals surface area contributed by atoms with Crippen LogP contribution in [0.25, 0.3) is 0 Å². The minimum atomic E-state index is -3.76. The lowest BCUT2D eigenvalue weighted by Crippen LogP contribution is -2.31. The van der Waals surface area contributed by atoms with Gasteiger partial charge in [-0.25, -0.2) is 8.42 Å². The summed E-state index contributed by atoms with van der Waals surface area (Å²) in [6, 6.07) is 10.9. The van der Waals surface area contributed by atoms with E-state index < -0.39 is 10.0 Å². The minimum absolute atomic E-state index is 0.0138. The molecule has 1 aliphatic heterocycles. The first-order valence-corrected chi connectivity index (χ1v) is 9.46. The van der Waals surface area contributed by atoms with Crippen LogP contribution < -0.4 is 4.72 Å². The maximum absolute atomic E-state index is 12.5. The van der Waals surface area contributed by atoms with Gasteiger partial charge in [0, 0.05) is 11.7 Å². The number of hydrogen-bond donors (Lipinski definition) is 1. The molecule has 0 spiro atoms. The zero-order valence-corrected chi connectivity index (χ0v) is 14.3. The van der Waals surface area contributed by atoms with E-state index >= 15 is 0 Å². The summed E-state index contributed by atoms with van der Waals surface area (Å²) in [5.74, 6) is -0.644. The van der Waals surface area contributed by atoms with Crippen molar-refractivity contribution in [2.45, 2.75) is 30.7 Å². The van der Waals surface area contributed by atoms with Gasteiger partial charge in [0.2, 0.25) is 0 Å². The number of fused-ring (bicyclic) bond motifs is 1. The summed E-state index contributed by atoms with van der Waals surface area (Å²) in [4.78, 5) is 26.2. The van der Waals surface area contributed by atoms with Gasteiger partial charge in [-0.15, -0.1) is 0 Å². The van der Waals surface area contributed by atoms with Gasteiger partial charge in [-0.2, -0.15) is 0 Å². The quantitative estimate of drug-likeness (QED) is 0.854. The van der Waals surface area contributed by atoms with E-state index in [0.717, 1.165) is 18.4 Å². The third-order valence-electron chi connectivity index (χ3n) is 4.41. The molecule has 4 rings (SSSR count). The molecule has 0 unspecified atom stereocenters. The monoisotopic (exact) mass is 356 g/mol. The second-order valence-electron chi connectivity index (χ2n) is 6.39. The molecule has 1 fully saturated rings. The molecule has 1 saturated carbocycles. The Labute approximate surface area is 145 Å². The molecular formula is C18H16N2O4S. The third kappa shape index (κ3) is 2.70. The van der Waals surface area contributed by atoms with Gasteiger partial charge >= 0.3 is 0 Å². The summed E-state index contributed by atoms with van der Waals surface area (Å²) < 4.78 is 27.4. The first-order chi connectivity index (χ1) is 11.9. The first-order valence-electron chi connectivity index (χ1n) is 7.98. The van der Waals surface area contributed by atoms with Crippen LogP contribution in [-0.4, -0.2) is 31.2 Å². The van der Waals surface area contributed by atoms with Gasteiger partial charge in [-0.3, -0.25) is 19.2 Å². The molecule has 0 atom stereocenters. The molecule has 2 amide bonds. The molecule has 1 aliphatic carbocycles. The highest BCUT2D eigenvalue weighted by Gasteiger charge is 2.44. The van der Waals surface area contributed by atoms with E-state index in [-0.39, 0.29) is 34.0 Å². The van der Waals surface area contributed by atoms with E-state index in [2.05, 4.69) is 4.72 Å². The average molecular weight is 356 g/mol.